The van der Waals surface area contributed by atoms with Crippen LogP contribution >= 0.6 is 11.8 Å². The standard InChI is InChI=1S/C18H20N2O6S2/c21-17(14-2-1-5-24-14)19-18-20(12-9-28(22,23)10-16(12)27-18)11-3-4-13-15(8-11)26-7-6-25-13/h3-4,8,12,14,16H,1-2,5-7,9-10H2/t12-,14-,16-/m0/s1. The van der Waals surface area contributed by atoms with Gasteiger partial charge in [0.05, 0.1) is 17.5 Å². The lowest BCUT2D eigenvalue weighted by Crippen LogP contribution is -2.38. The summed E-state index contributed by atoms with van der Waals surface area (Å²) in [7, 11) is -3.11. The van der Waals surface area contributed by atoms with Crippen LogP contribution in [0.3, 0.4) is 0 Å². The molecule has 0 bridgehead atoms. The van der Waals surface area contributed by atoms with Gasteiger partial charge in [0.1, 0.15) is 19.3 Å². The molecule has 8 nitrogen and oxygen atoms in total. The molecule has 4 aliphatic rings. The van der Waals surface area contributed by atoms with E-state index >= 15 is 0 Å². The minimum Gasteiger partial charge on any atom is -0.486 e. The topological polar surface area (TPSA) is 94.5 Å². The Morgan fingerprint density at radius 1 is 1.14 bits per heavy atom. The van der Waals surface area contributed by atoms with Gasteiger partial charge in [0.25, 0.3) is 5.91 Å². The van der Waals surface area contributed by atoms with Crippen molar-refractivity contribution in [2.75, 3.05) is 36.2 Å². The summed E-state index contributed by atoms with van der Waals surface area (Å²) < 4.78 is 41.1. The molecule has 0 radical (unpaired) electrons. The Morgan fingerprint density at radius 3 is 2.75 bits per heavy atom. The van der Waals surface area contributed by atoms with Crippen LogP contribution in [0.25, 0.3) is 0 Å². The van der Waals surface area contributed by atoms with Crippen LogP contribution in [0.5, 0.6) is 11.5 Å². The second-order valence-electron chi connectivity index (χ2n) is 7.23. The first-order valence-electron chi connectivity index (χ1n) is 9.30. The van der Waals surface area contributed by atoms with Crippen LogP contribution in [0.4, 0.5) is 5.69 Å². The van der Waals surface area contributed by atoms with Gasteiger partial charge in [-0.2, -0.15) is 4.99 Å². The molecule has 1 aromatic carbocycles. The number of anilines is 1. The van der Waals surface area contributed by atoms with Crippen LogP contribution in [0, 0.1) is 0 Å². The predicted molar refractivity (Wildman–Crippen MR) is 105 cm³/mol. The Labute approximate surface area is 167 Å². The van der Waals surface area contributed by atoms with Gasteiger partial charge in [-0.25, -0.2) is 8.42 Å². The average Bonchev–Trinajstić information content (AvgIpc) is 3.36. The maximum absolute atomic E-state index is 12.5. The highest BCUT2D eigenvalue weighted by Crippen LogP contribution is 2.43. The number of nitrogens with zero attached hydrogens (tertiary/aromatic N) is 2. The number of thioether (sulfide) groups is 1. The van der Waals surface area contributed by atoms with Gasteiger partial charge in [0.2, 0.25) is 0 Å². The molecule has 3 atom stereocenters. The van der Waals surface area contributed by atoms with Crippen LogP contribution in [-0.2, 0) is 19.4 Å². The number of amides is 1. The van der Waals surface area contributed by atoms with Gasteiger partial charge < -0.3 is 19.1 Å². The minimum absolute atomic E-state index is 0.0479. The molecule has 150 valence electrons. The van der Waals surface area contributed by atoms with Crippen molar-refractivity contribution in [2.45, 2.75) is 30.2 Å². The molecular weight excluding hydrogens is 404 g/mol. The molecule has 1 aromatic rings. The number of benzene rings is 1. The van der Waals surface area contributed by atoms with Gasteiger partial charge in [0.15, 0.2) is 26.5 Å². The maximum Gasteiger partial charge on any atom is 0.277 e. The lowest BCUT2D eigenvalue weighted by molar-refractivity contribution is -0.126. The Bertz CT molecular complexity index is 941. The third-order valence-electron chi connectivity index (χ3n) is 5.28. The van der Waals surface area contributed by atoms with Crippen molar-refractivity contribution in [1.29, 1.82) is 0 Å². The summed E-state index contributed by atoms with van der Waals surface area (Å²) in [6, 6.07) is 5.24. The van der Waals surface area contributed by atoms with E-state index in [-0.39, 0.29) is 28.7 Å². The van der Waals surface area contributed by atoms with E-state index in [1.807, 2.05) is 23.1 Å². The van der Waals surface area contributed by atoms with Crippen LogP contribution in [0.15, 0.2) is 23.2 Å². The number of hydrogen-bond donors (Lipinski definition) is 0. The number of carbonyl (C=O) groups excluding carboxylic acids is 1. The van der Waals surface area contributed by atoms with Crippen LogP contribution < -0.4 is 14.4 Å². The summed E-state index contributed by atoms with van der Waals surface area (Å²) in [6.45, 7) is 1.53. The number of amidine groups is 1. The Balaban J connectivity index is 1.51. The van der Waals surface area contributed by atoms with Gasteiger partial charge in [0, 0.05) is 23.6 Å². The molecule has 0 aromatic heterocycles. The average molecular weight is 425 g/mol. The van der Waals surface area contributed by atoms with E-state index in [0.717, 1.165) is 12.1 Å². The van der Waals surface area contributed by atoms with Crippen LogP contribution in [-0.4, -0.2) is 68.2 Å². The molecule has 1 amide bonds. The highest BCUT2D eigenvalue weighted by atomic mass is 32.2. The summed E-state index contributed by atoms with van der Waals surface area (Å²) in [6.07, 6.45) is 1.02. The van der Waals surface area contributed by atoms with Gasteiger partial charge >= 0.3 is 0 Å². The molecule has 0 saturated carbocycles. The van der Waals surface area contributed by atoms with Crippen LogP contribution in [0.1, 0.15) is 12.8 Å². The van der Waals surface area contributed by atoms with E-state index in [0.29, 0.717) is 42.9 Å². The molecule has 0 spiro atoms. The molecule has 0 N–H and O–H groups in total. The monoisotopic (exact) mass is 424 g/mol. The smallest absolute Gasteiger partial charge is 0.277 e. The van der Waals surface area contributed by atoms with E-state index in [2.05, 4.69) is 4.99 Å². The van der Waals surface area contributed by atoms with Crippen molar-refractivity contribution in [3.63, 3.8) is 0 Å². The van der Waals surface area contributed by atoms with Crippen molar-refractivity contribution in [3.05, 3.63) is 18.2 Å². The second kappa shape index (κ2) is 6.93. The molecule has 10 heteroatoms. The number of sulfone groups is 1. The van der Waals surface area contributed by atoms with E-state index < -0.39 is 15.9 Å². The highest BCUT2D eigenvalue weighted by Gasteiger charge is 2.49. The zero-order valence-electron chi connectivity index (χ0n) is 15.1. The van der Waals surface area contributed by atoms with Crippen molar-refractivity contribution in [1.82, 2.24) is 0 Å². The number of fused-ring (bicyclic) bond motifs is 2. The van der Waals surface area contributed by atoms with Crippen molar-refractivity contribution < 1.29 is 27.4 Å². The van der Waals surface area contributed by atoms with Gasteiger partial charge in [-0.3, -0.25) is 4.79 Å². The Hall–Kier alpha value is -1.78. The fourth-order valence-corrected chi connectivity index (χ4v) is 7.91. The van der Waals surface area contributed by atoms with Crippen molar-refractivity contribution >= 4 is 38.4 Å². The zero-order chi connectivity index (χ0) is 19.3. The third kappa shape index (κ3) is 3.27. The number of rotatable bonds is 2. The number of aliphatic imine (C=N–C) groups is 1. The first-order valence-corrected chi connectivity index (χ1v) is 12.0. The van der Waals surface area contributed by atoms with Gasteiger partial charge in [-0.15, -0.1) is 0 Å². The van der Waals surface area contributed by atoms with Crippen LogP contribution in [0.2, 0.25) is 0 Å². The van der Waals surface area contributed by atoms with E-state index in [1.165, 1.54) is 11.8 Å². The first kappa shape index (κ1) is 18.3. The number of ether oxygens (including phenoxy) is 3. The fourth-order valence-electron chi connectivity index (χ4n) is 3.99. The summed E-state index contributed by atoms with van der Waals surface area (Å²) in [5.74, 6) is 1.11. The molecule has 5 rings (SSSR count). The van der Waals surface area contributed by atoms with Crippen molar-refractivity contribution in [2.24, 2.45) is 4.99 Å². The predicted octanol–water partition coefficient (Wildman–Crippen LogP) is 1.24. The summed E-state index contributed by atoms with van der Waals surface area (Å²) in [5.41, 5.74) is 0.750. The van der Waals surface area contributed by atoms with Gasteiger partial charge in [-0.1, -0.05) is 11.8 Å². The minimum atomic E-state index is -3.11. The van der Waals surface area contributed by atoms with E-state index in [4.69, 9.17) is 14.2 Å². The third-order valence-corrected chi connectivity index (χ3v) is 8.49. The number of carbonyl (C=O) groups is 1. The molecule has 4 heterocycles. The normalized spacial score (nSPS) is 31.9. The largest absolute Gasteiger partial charge is 0.486 e. The lowest BCUT2D eigenvalue weighted by atomic mass is 10.2. The van der Waals surface area contributed by atoms with Crippen molar-refractivity contribution in [3.8, 4) is 11.5 Å². The molecule has 0 unspecified atom stereocenters. The Kier molecular flexibility index (Phi) is 4.52. The molecule has 4 aliphatic heterocycles. The van der Waals surface area contributed by atoms with Gasteiger partial charge in [-0.05, 0) is 25.0 Å². The van der Waals surface area contributed by atoms with E-state index in [1.54, 1.807) is 0 Å². The first-order chi connectivity index (χ1) is 13.5. The molecule has 3 fully saturated rings. The zero-order valence-corrected chi connectivity index (χ0v) is 16.7. The maximum atomic E-state index is 12.5. The summed E-state index contributed by atoms with van der Waals surface area (Å²) in [5, 5.41) is 0.385. The SMILES string of the molecule is O=C(N=C1S[C@H]2CS(=O)(=O)C[C@@H]2N1c1ccc2c(c1)OCCO2)[C@@H]1CCCO1. The number of hydrogen-bond acceptors (Lipinski definition) is 7. The lowest BCUT2D eigenvalue weighted by Gasteiger charge is -2.26. The molecular formula is C18H20N2O6S2. The second-order valence-corrected chi connectivity index (χ2v) is 10.6. The highest BCUT2D eigenvalue weighted by molar-refractivity contribution is 8.16. The molecule has 28 heavy (non-hydrogen) atoms. The summed E-state index contributed by atoms with van der Waals surface area (Å²) in [4.78, 5) is 18.7. The molecule has 0 aliphatic carbocycles. The quantitative estimate of drug-likeness (QED) is 0.700. The fraction of sp³-hybridized carbons (Fsp3) is 0.556. The Morgan fingerprint density at radius 2 is 1.96 bits per heavy atom. The summed E-state index contributed by atoms with van der Waals surface area (Å²) >= 11 is 1.36. The molecule has 3 saturated heterocycles. The van der Waals surface area contributed by atoms with E-state index in [9.17, 15) is 13.2 Å².